The highest BCUT2D eigenvalue weighted by Crippen LogP contribution is 2.33. The fourth-order valence-corrected chi connectivity index (χ4v) is 3.58. The van der Waals surface area contributed by atoms with Crippen LogP contribution in [0.5, 0.6) is 0 Å². The van der Waals surface area contributed by atoms with E-state index in [0.717, 1.165) is 29.4 Å². The summed E-state index contributed by atoms with van der Waals surface area (Å²) >= 11 is 9.56. The van der Waals surface area contributed by atoms with Gasteiger partial charge in [-0.3, -0.25) is 0 Å². The first-order valence-electron chi connectivity index (χ1n) is 7.02. The van der Waals surface area contributed by atoms with E-state index < -0.39 is 0 Å². The van der Waals surface area contributed by atoms with Crippen LogP contribution in [0.1, 0.15) is 17.5 Å². The zero-order chi connectivity index (χ0) is 14.9. The molecule has 0 aliphatic heterocycles. The molecule has 0 radical (unpaired) electrons. The van der Waals surface area contributed by atoms with Gasteiger partial charge in [0, 0.05) is 15.2 Å². The Kier molecular flexibility index (Phi) is 4.25. The molecule has 0 saturated heterocycles. The summed E-state index contributed by atoms with van der Waals surface area (Å²) in [6.45, 7) is 0.106. The Balaban J connectivity index is 1.87. The SMILES string of the molecule is OCC1(Nc2cccc(Cl)c2)CCc2cc(Br)ccc2C1. The molecule has 110 valence electrons. The summed E-state index contributed by atoms with van der Waals surface area (Å²) in [7, 11) is 0. The number of nitrogens with one attached hydrogen (secondary N) is 1. The lowest BCUT2D eigenvalue weighted by atomic mass is 9.78. The Morgan fingerprint density at radius 1 is 1.19 bits per heavy atom. The lowest BCUT2D eigenvalue weighted by Crippen LogP contribution is -2.47. The normalized spacial score (nSPS) is 20.9. The third-order valence-electron chi connectivity index (χ3n) is 4.11. The number of anilines is 1. The second-order valence-electron chi connectivity index (χ2n) is 5.66. The van der Waals surface area contributed by atoms with Gasteiger partial charge >= 0.3 is 0 Å². The van der Waals surface area contributed by atoms with Crippen molar-refractivity contribution in [1.29, 1.82) is 0 Å². The number of fused-ring (bicyclic) bond motifs is 1. The van der Waals surface area contributed by atoms with Gasteiger partial charge in [0.2, 0.25) is 0 Å². The first kappa shape index (κ1) is 14.9. The minimum atomic E-state index is -0.314. The van der Waals surface area contributed by atoms with Crippen molar-refractivity contribution in [2.75, 3.05) is 11.9 Å². The van der Waals surface area contributed by atoms with Crippen molar-refractivity contribution in [2.45, 2.75) is 24.8 Å². The maximum Gasteiger partial charge on any atom is 0.0664 e. The Morgan fingerprint density at radius 3 is 2.81 bits per heavy atom. The Morgan fingerprint density at radius 2 is 2.05 bits per heavy atom. The molecule has 1 unspecified atom stereocenters. The summed E-state index contributed by atoms with van der Waals surface area (Å²) in [4.78, 5) is 0. The molecule has 4 heteroatoms. The van der Waals surface area contributed by atoms with Gasteiger partial charge in [-0.25, -0.2) is 0 Å². The van der Waals surface area contributed by atoms with Crippen LogP contribution in [-0.4, -0.2) is 17.3 Å². The molecule has 3 rings (SSSR count). The number of aryl methyl sites for hydroxylation is 1. The first-order valence-corrected chi connectivity index (χ1v) is 8.19. The highest BCUT2D eigenvalue weighted by molar-refractivity contribution is 9.10. The molecular weight excluding hydrogens is 350 g/mol. The van der Waals surface area contributed by atoms with Crippen LogP contribution in [0.2, 0.25) is 5.02 Å². The number of rotatable bonds is 3. The van der Waals surface area contributed by atoms with E-state index in [4.69, 9.17) is 11.6 Å². The highest BCUT2D eigenvalue weighted by Gasteiger charge is 2.33. The number of hydrogen-bond acceptors (Lipinski definition) is 2. The molecule has 0 fully saturated rings. The van der Waals surface area contributed by atoms with E-state index in [-0.39, 0.29) is 12.1 Å². The van der Waals surface area contributed by atoms with Crippen molar-refractivity contribution < 1.29 is 5.11 Å². The topological polar surface area (TPSA) is 32.3 Å². The molecule has 0 heterocycles. The lowest BCUT2D eigenvalue weighted by Gasteiger charge is -2.38. The first-order chi connectivity index (χ1) is 10.1. The molecule has 2 N–H and O–H groups in total. The summed E-state index contributed by atoms with van der Waals surface area (Å²) in [6.07, 6.45) is 2.68. The second-order valence-corrected chi connectivity index (χ2v) is 7.02. The van der Waals surface area contributed by atoms with Crippen LogP contribution in [0.4, 0.5) is 5.69 Å². The van der Waals surface area contributed by atoms with Crippen molar-refractivity contribution >= 4 is 33.2 Å². The van der Waals surface area contributed by atoms with Crippen LogP contribution in [0, 0.1) is 0 Å². The van der Waals surface area contributed by atoms with E-state index in [1.165, 1.54) is 11.1 Å². The van der Waals surface area contributed by atoms with E-state index in [2.05, 4.69) is 39.4 Å². The maximum atomic E-state index is 9.95. The zero-order valence-corrected chi connectivity index (χ0v) is 13.9. The summed E-state index contributed by atoms with van der Waals surface area (Å²) in [5.74, 6) is 0. The molecule has 0 spiro atoms. The summed E-state index contributed by atoms with van der Waals surface area (Å²) in [6, 6.07) is 14.0. The molecule has 1 aliphatic rings. The maximum absolute atomic E-state index is 9.95. The van der Waals surface area contributed by atoms with E-state index >= 15 is 0 Å². The van der Waals surface area contributed by atoms with Crippen LogP contribution < -0.4 is 5.32 Å². The molecule has 2 aromatic rings. The monoisotopic (exact) mass is 365 g/mol. The van der Waals surface area contributed by atoms with Crippen LogP contribution in [0.15, 0.2) is 46.9 Å². The van der Waals surface area contributed by atoms with E-state index in [0.29, 0.717) is 5.02 Å². The highest BCUT2D eigenvalue weighted by atomic mass is 79.9. The van der Waals surface area contributed by atoms with Crippen molar-refractivity contribution in [3.8, 4) is 0 Å². The van der Waals surface area contributed by atoms with E-state index in [9.17, 15) is 5.11 Å². The molecule has 0 amide bonds. The summed E-state index contributed by atoms with van der Waals surface area (Å²) in [5.41, 5.74) is 3.30. The summed E-state index contributed by atoms with van der Waals surface area (Å²) < 4.78 is 1.11. The molecule has 2 aromatic carbocycles. The Labute approximate surface area is 138 Å². The van der Waals surface area contributed by atoms with Crippen molar-refractivity contribution in [1.82, 2.24) is 0 Å². The van der Waals surface area contributed by atoms with Gasteiger partial charge in [0.05, 0.1) is 12.1 Å². The van der Waals surface area contributed by atoms with Crippen molar-refractivity contribution in [3.05, 3.63) is 63.1 Å². The second kappa shape index (κ2) is 5.99. The predicted molar refractivity (Wildman–Crippen MR) is 91.1 cm³/mol. The average Bonchev–Trinajstić information content (AvgIpc) is 2.47. The number of aliphatic hydroxyl groups excluding tert-OH is 1. The van der Waals surface area contributed by atoms with Crippen molar-refractivity contribution in [2.24, 2.45) is 0 Å². The third kappa shape index (κ3) is 3.25. The van der Waals surface area contributed by atoms with Crippen LogP contribution in [0.3, 0.4) is 0 Å². The average molecular weight is 367 g/mol. The zero-order valence-electron chi connectivity index (χ0n) is 11.6. The van der Waals surface area contributed by atoms with E-state index in [1.54, 1.807) is 0 Å². The molecule has 2 nitrogen and oxygen atoms in total. The minimum Gasteiger partial charge on any atom is -0.394 e. The molecule has 0 saturated carbocycles. The van der Waals surface area contributed by atoms with Gasteiger partial charge in [0.1, 0.15) is 0 Å². The Bertz CT molecular complexity index is 661. The smallest absolute Gasteiger partial charge is 0.0664 e. The molecule has 0 aromatic heterocycles. The molecule has 0 bridgehead atoms. The Hall–Kier alpha value is -1.03. The van der Waals surface area contributed by atoms with Crippen LogP contribution in [-0.2, 0) is 12.8 Å². The third-order valence-corrected chi connectivity index (χ3v) is 4.84. The quantitative estimate of drug-likeness (QED) is 0.842. The minimum absolute atomic E-state index is 0.106. The van der Waals surface area contributed by atoms with Gasteiger partial charge in [-0.1, -0.05) is 39.7 Å². The van der Waals surface area contributed by atoms with Crippen LogP contribution >= 0.6 is 27.5 Å². The fraction of sp³-hybridized carbons (Fsp3) is 0.294. The van der Waals surface area contributed by atoms with E-state index in [1.807, 2.05) is 24.3 Å². The van der Waals surface area contributed by atoms with Gasteiger partial charge in [0.15, 0.2) is 0 Å². The summed E-state index contributed by atoms with van der Waals surface area (Å²) in [5, 5.41) is 14.1. The molecule has 21 heavy (non-hydrogen) atoms. The standard InChI is InChI=1S/C17H17BrClNO/c18-14-5-4-13-10-17(11-21,7-6-12(13)8-14)20-16-3-1-2-15(19)9-16/h1-5,8-9,20-21H,6-7,10-11H2. The molecule has 1 atom stereocenters. The number of halogens is 2. The van der Waals surface area contributed by atoms with Crippen LogP contribution in [0.25, 0.3) is 0 Å². The number of benzene rings is 2. The lowest BCUT2D eigenvalue weighted by molar-refractivity contribution is 0.196. The molecule has 1 aliphatic carbocycles. The number of aliphatic hydroxyl groups is 1. The predicted octanol–water partition coefficient (Wildman–Crippen LogP) is 4.43. The van der Waals surface area contributed by atoms with Gasteiger partial charge in [0.25, 0.3) is 0 Å². The largest absolute Gasteiger partial charge is 0.394 e. The molecular formula is C17H17BrClNO. The van der Waals surface area contributed by atoms with Gasteiger partial charge in [-0.2, -0.15) is 0 Å². The number of hydrogen-bond donors (Lipinski definition) is 2. The van der Waals surface area contributed by atoms with Crippen molar-refractivity contribution in [3.63, 3.8) is 0 Å². The fourth-order valence-electron chi connectivity index (χ4n) is 2.98. The van der Waals surface area contributed by atoms with Gasteiger partial charge < -0.3 is 10.4 Å². The van der Waals surface area contributed by atoms with Gasteiger partial charge in [-0.15, -0.1) is 0 Å². The van der Waals surface area contributed by atoms with Gasteiger partial charge in [-0.05, 0) is 60.7 Å².